The Bertz CT molecular complexity index is 573. The van der Waals surface area contributed by atoms with Crippen LogP contribution in [0.3, 0.4) is 0 Å². The number of nitrogens with zero attached hydrogens (tertiary/aromatic N) is 1. The Morgan fingerprint density at radius 1 is 1.42 bits per heavy atom. The van der Waals surface area contributed by atoms with Crippen LogP contribution in [-0.4, -0.2) is 22.6 Å². The first-order chi connectivity index (χ1) is 9.08. The average Bonchev–Trinajstić information content (AvgIpc) is 2.81. The molecule has 3 nitrogen and oxygen atoms in total. The van der Waals surface area contributed by atoms with Crippen molar-refractivity contribution >= 4 is 23.0 Å². The number of rotatable bonds is 1. The summed E-state index contributed by atoms with van der Waals surface area (Å²) < 4.78 is 0. The van der Waals surface area contributed by atoms with Crippen LogP contribution in [0, 0.1) is 6.92 Å². The van der Waals surface area contributed by atoms with Crippen LogP contribution in [0.4, 0.5) is 0 Å². The van der Waals surface area contributed by atoms with Crippen molar-refractivity contribution in [3.63, 3.8) is 0 Å². The lowest BCUT2D eigenvalue weighted by molar-refractivity contribution is -0.122. The highest BCUT2D eigenvalue weighted by Crippen LogP contribution is 2.34. The third kappa shape index (κ3) is 2.04. The summed E-state index contributed by atoms with van der Waals surface area (Å²) in [4.78, 5) is 27.6. The highest BCUT2D eigenvalue weighted by atomic mass is 32.1. The summed E-state index contributed by atoms with van der Waals surface area (Å²) in [7, 11) is 0. The fraction of sp³-hybridized carbons (Fsp3) is 0.467. The predicted molar refractivity (Wildman–Crippen MR) is 75.3 cm³/mol. The summed E-state index contributed by atoms with van der Waals surface area (Å²) in [6.07, 6.45) is 3.06. The minimum atomic E-state index is -0.247. The molecule has 1 amide bonds. The molecule has 3 rings (SSSR count). The summed E-state index contributed by atoms with van der Waals surface area (Å²) in [6.45, 7) is 6.57. The number of hydrogen-bond acceptors (Lipinski definition) is 3. The van der Waals surface area contributed by atoms with Crippen molar-refractivity contribution in [3.8, 4) is 0 Å². The third-order valence-electron chi connectivity index (χ3n) is 4.10. The Balaban J connectivity index is 1.86. The lowest BCUT2D eigenvalue weighted by Gasteiger charge is -2.25. The van der Waals surface area contributed by atoms with Gasteiger partial charge in [0.1, 0.15) is 0 Å². The highest BCUT2D eigenvalue weighted by Gasteiger charge is 2.38. The fourth-order valence-electron chi connectivity index (χ4n) is 2.99. The standard InChI is InChI=1S/C15H17NO2S/c1-9-4-3-5-13(14(17)6-9)16-7-11-10(2)19-8-12(11)15(16)18/h8,13H,1,3-7H2,2H3. The van der Waals surface area contributed by atoms with Crippen LogP contribution in [0.5, 0.6) is 0 Å². The van der Waals surface area contributed by atoms with Crippen molar-refractivity contribution in [3.05, 3.63) is 33.5 Å². The Morgan fingerprint density at radius 3 is 2.95 bits per heavy atom. The Hall–Kier alpha value is -1.42. The maximum Gasteiger partial charge on any atom is 0.255 e. The van der Waals surface area contributed by atoms with E-state index in [1.165, 1.54) is 4.88 Å². The molecule has 0 aromatic carbocycles. The van der Waals surface area contributed by atoms with Crippen LogP contribution in [0.1, 0.15) is 46.5 Å². The second kappa shape index (κ2) is 4.60. The SMILES string of the molecule is C=C1CCCC(N2Cc3c(csc3C)C2=O)C(=O)C1. The van der Waals surface area contributed by atoms with E-state index in [4.69, 9.17) is 0 Å². The quantitative estimate of drug-likeness (QED) is 0.583. The number of aryl methyl sites for hydroxylation is 1. The molecule has 1 atom stereocenters. The van der Waals surface area contributed by atoms with Gasteiger partial charge >= 0.3 is 0 Å². The molecule has 1 unspecified atom stereocenters. The zero-order chi connectivity index (χ0) is 13.6. The molecule has 100 valence electrons. The minimum absolute atomic E-state index is 0.0326. The average molecular weight is 275 g/mol. The van der Waals surface area contributed by atoms with Gasteiger partial charge < -0.3 is 4.90 Å². The zero-order valence-corrected chi connectivity index (χ0v) is 11.9. The molecule has 0 N–H and O–H groups in total. The van der Waals surface area contributed by atoms with Crippen LogP contribution >= 0.6 is 11.3 Å². The van der Waals surface area contributed by atoms with E-state index in [0.717, 1.165) is 36.0 Å². The van der Waals surface area contributed by atoms with Gasteiger partial charge in [-0.05, 0) is 31.7 Å². The van der Waals surface area contributed by atoms with Gasteiger partial charge in [0.2, 0.25) is 0 Å². The van der Waals surface area contributed by atoms with Crippen LogP contribution in [0.2, 0.25) is 0 Å². The first kappa shape index (κ1) is 12.6. The molecule has 2 heterocycles. The molecule has 19 heavy (non-hydrogen) atoms. The lowest BCUT2D eigenvalue weighted by atomic mass is 10.1. The number of allylic oxidation sites excluding steroid dienone is 1. The monoisotopic (exact) mass is 275 g/mol. The molecular weight excluding hydrogens is 258 g/mol. The molecule has 1 aliphatic carbocycles. The first-order valence-electron chi connectivity index (χ1n) is 6.65. The van der Waals surface area contributed by atoms with E-state index >= 15 is 0 Å². The van der Waals surface area contributed by atoms with Gasteiger partial charge in [-0.1, -0.05) is 12.2 Å². The predicted octanol–water partition coefficient (Wildman–Crippen LogP) is 3.08. The minimum Gasteiger partial charge on any atom is -0.324 e. The van der Waals surface area contributed by atoms with Crippen LogP contribution < -0.4 is 0 Å². The Morgan fingerprint density at radius 2 is 2.21 bits per heavy atom. The smallest absolute Gasteiger partial charge is 0.255 e. The maximum absolute atomic E-state index is 12.4. The fourth-order valence-corrected chi connectivity index (χ4v) is 3.85. The molecule has 0 radical (unpaired) electrons. The molecule has 4 heteroatoms. The number of fused-ring (bicyclic) bond motifs is 1. The number of ketones is 1. The van der Waals surface area contributed by atoms with Crippen LogP contribution in [0.25, 0.3) is 0 Å². The summed E-state index contributed by atoms with van der Waals surface area (Å²) >= 11 is 1.62. The van der Waals surface area contributed by atoms with Crippen molar-refractivity contribution in [2.24, 2.45) is 0 Å². The normalized spacial score (nSPS) is 23.7. The number of carbonyl (C=O) groups is 2. The van der Waals surface area contributed by atoms with Crippen molar-refractivity contribution in [2.75, 3.05) is 0 Å². The number of thiophene rings is 1. The zero-order valence-electron chi connectivity index (χ0n) is 11.1. The number of amides is 1. The summed E-state index contributed by atoms with van der Waals surface area (Å²) in [5.74, 6) is 0.188. The van der Waals surface area contributed by atoms with Gasteiger partial charge in [0, 0.05) is 23.2 Å². The van der Waals surface area contributed by atoms with Crippen LogP contribution in [0.15, 0.2) is 17.5 Å². The van der Waals surface area contributed by atoms with E-state index in [0.29, 0.717) is 13.0 Å². The van der Waals surface area contributed by atoms with Gasteiger partial charge in [0.25, 0.3) is 5.91 Å². The summed E-state index contributed by atoms with van der Waals surface area (Å²) in [6, 6.07) is -0.247. The van der Waals surface area contributed by atoms with Gasteiger partial charge in [-0.3, -0.25) is 9.59 Å². The van der Waals surface area contributed by atoms with E-state index < -0.39 is 0 Å². The third-order valence-corrected chi connectivity index (χ3v) is 5.06. The van der Waals surface area contributed by atoms with Crippen molar-refractivity contribution in [2.45, 2.75) is 45.2 Å². The van der Waals surface area contributed by atoms with Gasteiger partial charge in [-0.2, -0.15) is 0 Å². The topological polar surface area (TPSA) is 37.4 Å². The van der Waals surface area contributed by atoms with Crippen molar-refractivity contribution < 1.29 is 9.59 Å². The molecule has 2 aliphatic rings. The Kier molecular flexibility index (Phi) is 3.05. The van der Waals surface area contributed by atoms with Gasteiger partial charge in [-0.15, -0.1) is 11.3 Å². The molecule has 1 aliphatic heterocycles. The first-order valence-corrected chi connectivity index (χ1v) is 7.53. The van der Waals surface area contributed by atoms with Crippen molar-refractivity contribution in [1.82, 2.24) is 4.90 Å². The van der Waals surface area contributed by atoms with Gasteiger partial charge in [0.15, 0.2) is 5.78 Å². The van der Waals surface area contributed by atoms with Gasteiger partial charge in [-0.25, -0.2) is 0 Å². The number of Topliss-reactive ketones (excluding diaryl/α,β-unsaturated/α-hetero) is 1. The molecule has 0 saturated heterocycles. The highest BCUT2D eigenvalue weighted by molar-refractivity contribution is 7.10. The molecule has 0 spiro atoms. The molecule has 1 aromatic heterocycles. The van der Waals surface area contributed by atoms with E-state index in [1.54, 1.807) is 16.2 Å². The molecule has 1 fully saturated rings. The van der Waals surface area contributed by atoms with E-state index in [2.05, 4.69) is 6.58 Å². The lowest BCUT2D eigenvalue weighted by Crippen LogP contribution is -2.40. The Labute approximate surface area is 116 Å². The molecular formula is C15H17NO2S. The number of carbonyl (C=O) groups excluding carboxylic acids is 2. The molecule has 0 bridgehead atoms. The van der Waals surface area contributed by atoms with E-state index in [9.17, 15) is 9.59 Å². The van der Waals surface area contributed by atoms with E-state index in [-0.39, 0.29) is 17.7 Å². The van der Waals surface area contributed by atoms with Gasteiger partial charge in [0.05, 0.1) is 11.6 Å². The van der Waals surface area contributed by atoms with E-state index in [1.807, 2.05) is 12.3 Å². The van der Waals surface area contributed by atoms with Crippen molar-refractivity contribution in [1.29, 1.82) is 0 Å². The summed E-state index contributed by atoms with van der Waals surface area (Å²) in [5, 5.41) is 1.92. The molecule has 1 aromatic rings. The molecule has 1 saturated carbocycles. The second-order valence-corrected chi connectivity index (χ2v) is 6.50. The number of hydrogen-bond donors (Lipinski definition) is 0. The summed E-state index contributed by atoms with van der Waals surface area (Å²) in [5.41, 5.74) is 2.92. The largest absolute Gasteiger partial charge is 0.324 e. The second-order valence-electron chi connectivity index (χ2n) is 5.42. The van der Waals surface area contributed by atoms with Crippen LogP contribution in [-0.2, 0) is 11.3 Å². The maximum atomic E-state index is 12.4.